The van der Waals surface area contributed by atoms with Crippen molar-refractivity contribution in [3.05, 3.63) is 77.9 Å². The first kappa shape index (κ1) is 21.4. The van der Waals surface area contributed by atoms with Crippen LogP contribution in [0.2, 0.25) is 0 Å². The summed E-state index contributed by atoms with van der Waals surface area (Å²) >= 11 is 0. The average molecular weight is 413 g/mol. The van der Waals surface area contributed by atoms with Crippen molar-refractivity contribution in [2.45, 2.75) is 25.2 Å². The zero-order valence-electron chi connectivity index (χ0n) is 16.5. The molecule has 8 heteroatoms. The van der Waals surface area contributed by atoms with E-state index in [1.165, 1.54) is 23.4 Å². The van der Waals surface area contributed by atoms with Gasteiger partial charge in [-0.15, -0.1) is 0 Å². The number of methoxy groups -OCH3 is 1. The number of halogens is 2. The van der Waals surface area contributed by atoms with Gasteiger partial charge in [0, 0.05) is 17.2 Å². The topological polar surface area (TPSA) is 69.4 Å². The molecule has 0 saturated heterocycles. The quantitative estimate of drug-likeness (QED) is 0.604. The molecule has 1 aromatic heterocycles. The van der Waals surface area contributed by atoms with Crippen molar-refractivity contribution in [3.8, 4) is 17.6 Å². The second-order valence-electron chi connectivity index (χ2n) is 6.62. The Kier molecular flexibility index (Phi) is 6.77. The van der Waals surface area contributed by atoms with Crippen LogP contribution in [0.4, 0.5) is 8.78 Å². The lowest BCUT2D eigenvalue weighted by Crippen LogP contribution is -2.44. The number of hydrogen-bond acceptors (Lipinski definition) is 5. The fourth-order valence-corrected chi connectivity index (χ4v) is 2.95. The van der Waals surface area contributed by atoms with Crippen LogP contribution in [0.15, 0.2) is 55.1 Å². The number of ether oxygens (including phenoxy) is 2. The van der Waals surface area contributed by atoms with Gasteiger partial charge >= 0.3 is 0 Å². The first-order valence-electron chi connectivity index (χ1n) is 9.17. The molecule has 0 aliphatic carbocycles. The summed E-state index contributed by atoms with van der Waals surface area (Å²) in [6, 6.07) is 10.2. The maximum atomic E-state index is 14.5. The molecule has 2 aromatic carbocycles. The molecule has 1 N–H and O–H groups in total. The lowest BCUT2D eigenvalue weighted by Gasteiger charge is -2.34. The van der Waals surface area contributed by atoms with E-state index in [0.717, 1.165) is 23.4 Å². The van der Waals surface area contributed by atoms with E-state index in [1.807, 2.05) is 12.1 Å². The number of benzene rings is 2. The van der Waals surface area contributed by atoms with E-state index >= 15 is 0 Å². The Morgan fingerprint density at radius 1 is 1.20 bits per heavy atom. The molecular formula is C22H21F2N3O3. The molecule has 0 bridgehead atoms. The lowest BCUT2D eigenvalue weighted by molar-refractivity contribution is -0.111. The van der Waals surface area contributed by atoms with Crippen molar-refractivity contribution < 1.29 is 23.4 Å². The molecule has 3 rings (SSSR count). The van der Waals surface area contributed by atoms with Gasteiger partial charge in [0.1, 0.15) is 42.2 Å². The summed E-state index contributed by atoms with van der Waals surface area (Å²) in [6.07, 6.45) is 1.81. The third kappa shape index (κ3) is 5.00. The van der Waals surface area contributed by atoms with E-state index < -0.39 is 23.3 Å². The number of aromatic nitrogens is 3. The summed E-state index contributed by atoms with van der Waals surface area (Å²) in [5.74, 6) is 4.92. The molecule has 2 atom stereocenters. The summed E-state index contributed by atoms with van der Waals surface area (Å²) in [7, 11) is 1.58. The highest BCUT2D eigenvalue weighted by Crippen LogP contribution is 2.31. The second kappa shape index (κ2) is 9.48. The molecule has 0 fully saturated rings. The van der Waals surface area contributed by atoms with E-state index in [1.54, 1.807) is 26.2 Å². The molecule has 3 aromatic rings. The molecule has 0 aliphatic rings. The molecule has 30 heavy (non-hydrogen) atoms. The van der Waals surface area contributed by atoms with Crippen molar-refractivity contribution >= 4 is 0 Å². The Bertz CT molecular complexity index is 1030. The minimum atomic E-state index is -1.83. The molecule has 0 saturated carbocycles. The Hall–Kier alpha value is -3.28. The zero-order valence-corrected chi connectivity index (χ0v) is 16.5. The van der Waals surface area contributed by atoms with Crippen LogP contribution in [0.5, 0.6) is 5.75 Å². The molecule has 156 valence electrons. The Morgan fingerprint density at radius 3 is 2.60 bits per heavy atom. The van der Waals surface area contributed by atoms with Crippen molar-refractivity contribution in [2.24, 2.45) is 0 Å². The van der Waals surface area contributed by atoms with E-state index in [2.05, 4.69) is 21.9 Å². The molecular weight excluding hydrogens is 392 g/mol. The minimum Gasteiger partial charge on any atom is -0.497 e. The van der Waals surface area contributed by atoms with E-state index in [4.69, 9.17) is 9.47 Å². The highest BCUT2D eigenvalue weighted by molar-refractivity contribution is 5.38. The van der Waals surface area contributed by atoms with Gasteiger partial charge in [0.15, 0.2) is 0 Å². The van der Waals surface area contributed by atoms with Crippen LogP contribution in [-0.2, 0) is 16.9 Å². The fourth-order valence-electron chi connectivity index (χ4n) is 2.95. The third-order valence-electron chi connectivity index (χ3n) is 4.67. The Morgan fingerprint density at radius 2 is 1.97 bits per heavy atom. The Balaban J connectivity index is 1.76. The van der Waals surface area contributed by atoms with Crippen LogP contribution in [0.25, 0.3) is 0 Å². The molecule has 0 radical (unpaired) electrons. The summed E-state index contributed by atoms with van der Waals surface area (Å²) in [6.45, 7) is 1.45. The van der Waals surface area contributed by atoms with Gasteiger partial charge in [-0.05, 0) is 37.3 Å². The zero-order chi connectivity index (χ0) is 21.6. The normalized spacial score (nSPS) is 13.8. The predicted molar refractivity (Wildman–Crippen MR) is 106 cm³/mol. The maximum Gasteiger partial charge on any atom is 0.138 e. The number of aliphatic hydroxyl groups is 1. The number of nitrogens with zero attached hydrogens (tertiary/aromatic N) is 3. The molecule has 0 aliphatic heterocycles. The molecule has 1 heterocycles. The summed E-state index contributed by atoms with van der Waals surface area (Å²) in [5, 5.41) is 15.3. The van der Waals surface area contributed by atoms with E-state index in [9.17, 15) is 13.9 Å². The van der Waals surface area contributed by atoms with Gasteiger partial charge in [-0.2, -0.15) is 5.10 Å². The van der Waals surface area contributed by atoms with Crippen molar-refractivity contribution in [1.82, 2.24) is 14.8 Å². The minimum absolute atomic E-state index is 0.00429. The first-order chi connectivity index (χ1) is 14.4. The smallest absolute Gasteiger partial charge is 0.138 e. The maximum absolute atomic E-state index is 14.5. The van der Waals surface area contributed by atoms with Crippen molar-refractivity contribution in [3.63, 3.8) is 0 Å². The highest BCUT2D eigenvalue weighted by Gasteiger charge is 2.40. The standard InChI is InChI=1S/C22H21F2N3O3/c1-16(30-11-3-4-17-5-8-19(29-2)9-6-17)22(28,13-27-15-25-14-26-27)20-10-7-18(23)12-21(20)24/h5-10,12,14-16,28H,11,13H2,1-2H3/t16-,22-/m1/s1. The van der Waals surface area contributed by atoms with Crippen LogP contribution in [-0.4, -0.2) is 39.7 Å². The largest absolute Gasteiger partial charge is 0.497 e. The van der Waals surface area contributed by atoms with Crippen LogP contribution in [0, 0.1) is 23.5 Å². The fraction of sp³-hybridized carbons (Fsp3) is 0.273. The van der Waals surface area contributed by atoms with Crippen LogP contribution in [0.1, 0.15) is 18.1 Å². The van der Waals surface area contributed by atoms with Gasteiger partial charge in [-0.25, -0.2) is 18.4 Å². The van der Waals surface area contributed by atoms with Crippen LogP contribution >= 0.6 is 0 Å². The lowest BCUT2D eigenvalue weighted by atomic mass is 9.88. The van der Waals surface area contributed by atoms with E-state index in [-0.39, 0.29) is 18.7 Å². The average Bonchev–Trinajstić information content (AvgIpc) is 3.24. The van der Waals surface area contributed by atoms with Gasteiger partial charge in [-0.1, -0.05) is 17.9 Å². The highest BCUT2D eigenvalue weighted by atomic mass is 19.1. The van der Waals surface area contributed by atoms with Gasteiger partial charge < -0.3 is 14.6 Å². The molecule has 6 nitrogen and oxygen atoms in total. The monoisotopic (exact) mass is 413 g/mol. The van der Waals surface area contributed by atoms with Gasteiger partial charge in [0.05, 0.1) is 19.8 Å². The van der Waals surface area contributed by atoms with Crippen LogP contribution in [0.3, 0.4) is 0 Å². The van der Waals surface area contributed by atoms with Crippen molar-refractivity contribution in [1.29, 1.82) is 0 Å². The van der Waals surface area contributed by atoms with Crippen molar-refractivity contribution in [2.75, 3.05) is 13.7 Å². The second-order valence-corrected chi connectivity index (χ2v) is 6.62. The van der Waals surface area contributed by atoms with Gasteiger partial charge in [0.25, 0.3) is 0 Å². The number of hydrogen-bond donors (Lipinski definition) is 1. The van der Waals surface area contributed by atoms with Crippen LogP contribution < -0.4 is 4.74 Å². The molecule has 0 unspecified atom stereocenters. The Labute approximate surface area is 173 Å². The van der Waals surface area contributed by atoms with E-state index in [0.29, 0.717) is 0 Å². The summed E-state index contributed by atoms with van der Waals surface area (Å²) in [4.78, 5) is 3.83. The van der Waals surface area contributed by atoms with Gasteiger partial charge in [0.2, 0.25) is 0 Å². The summed E-state index contributed by atoms with van der Waals surface area (Å²) in [5.41, 5.74) is -1.16. The molecule has 0 spiro atoms. The SMILES string of the molecule is COc1ccc(C#CCO[C@H](C)[C@](O)(Cn2cncn2)c2ccc(F)cc2F)cc1. The summed E-state index contributed by atoms with van der Waals surface area (Å²) < 4.78 is 40.0. The van der Waals surface area contributed by atoms with Gasteiger partial charge in [-0.3, -0.25) is 0 Å². The predicted octanol–water partition coefficient (Wildman–Crippen LogP) is 2.91. The first-order valence-corrected chi connectivity index (χ1v) is 9.17. The third-order valence-corrected chi connectivity index (χ3v) is 4.67. The molecule has 0 amide bonds. The number of rotatable bonds is 7.